The molecule has 2 aromatic rings. The minimum absolute atomic E-state index is 0.0513. The highest BCUT2D eigenvalue weighted by Gasteiger charge is 2.28. The van der Waals surface area contributed by atoms with E-state index in [4.69, 9.17) is 0 Å². The summed E-state index contributed by atoms with van der Waals surface area (Å²) in [6.45, 7) is 4.65. The van der Waals surface area contributed by atoms with Crippen LogP contribution in [0.4, 0.5) is 0 Å². The van der Waals surface area contributed by atoms with Crippen LogP contribution < -0.4 is 5.32 Å². The van der Waals surface area contributed by atoms with E-state index in [1.807, 2.05) is 19.9 Å². The molecule has 0 aliphatic carbocycles. The molecular formula is C18H25N5O3S. The molecule has 146 valence electrons. The highest BCUT2D eigenvalue weighted by molar-refractivity contribution is 7.89. The second kappa shape index (κ2) is 8.18. The lowest BCUT2D eigenvalue weighted by Crippen LogP contribution is -2.47. The number of nitrogens with one attached hydrogen (secondary N) is 1. The lowest BCUT2D eigenvalue weighted by molar-refractivity contribution is 0.0918. The van der Waals surface area contributed by atoms with E-state index in [0.29, 0.717) is 43.9 Å². The number of carbonyl (C=O) groups is 1. The number of rotatable bonds is 6. The van der Waals surface area contributed by atoms with Gasteiger partial charge in [-0.2, -0.15) is 0 Å². The fourth-order valence-corrected chi connectivity index (χ4v) is 4.76. The number of hydrogen-bond donors (Lipinski definition) is 1. The van der Waals surface area contributed by atoms with Gasteiger partial charge in [-0.1, -0.05) is 6.92 Å². The van der Waals surface area contributed by atoms with E-state index in [1.54, 1.807) is 29.4 Å². The van der Waals surface area contributed by atoms with Crippen LogP contribution in [0.15, 0.2) is 30.9 Å². The van der Waals surface area contributed by atoms with Gasteiger partial charge in [0.05, 0.1) is 5.75 Å². The first-order valence-electron chi connectivity index (χ1n) is 9.15. The molecule has 1 N–H and O–H groups in total. The Kier molecular flexibility index (Phi) is 5.91. The highest BCUT2D eigenvalue weighted by Crippen LogP contribution is 2.16. The van der Waals surface area contributed by atoms with Gasteiger partial charge in [-0.3, -0.25) is 9.36 Å². The maximum Gasteiger partial charge on any atom is 0.270 e. The van der Waals surface area contributed by atoms with Gasteiger partial charge in [0.1, 0.15) is 17.8 Å². The normalized spacial score (nSPS) is 16.4. The number of amides is 1. The van der Waals surface area contributed by atoms with E-state index >= 15 is 0 Å². The van der Waals surface area contributed by atoms with Gasteiger partial charge in [0.25, 0.3) is 5.91 Å². The first kappa shape index (κ1) is 19.5. The third-order valence-electron chi connectivity index (χ3n) is 4.60. The van der Waals surface area contributed by atoms with E-state index in [9.17, 15) is 13.2 Å². The Balaban J connectivity index is 1.64. The molecule has 0 unspecified atom stereocenters. The first-order valence-corrected chi connectivity index (χ1v) is 10.8. The molecule has 0 atom stereocenters. The molecule has 1 fully saturated rings. The van der Waals surface area contributed by atoms with Crippen LogP contribution in [0.25, 0.3) is 5.82 Å². The number of piperidine rings is 1. The molecule has 0 aromatic carbocycles. The number of nitrogens with zero attached hydrogens (tertiary/aromatic N) is 4. The predicted molar refractivity (Wildman–Crippen MR) is 102 cm³/mol. The fourth-order valence-electron chi connectivity index (χ4n) is 3.22. The van der Waals surface area contributed by atoms with Crippen molar-refractivity contribution in [3.05, 3.63) is 42.1 Å². The van der Waals surface area contributed by atoms with E-state index in [2.05, 4.69) is 15.3 Å². The van der Waals surface area contributed by atoms with Crippen molar-refractivity contribution in [3.8, 4) is 5.82 Å². The summed E-state index contributed by atoms with van der Waals surface area (Å²) < 4.78 is 27.6. The lowest BCUT2D eigenvalue weighted by Gasteiger charge is -2.31. The molecule has 1 saturated heterocycles. The van der Waals surface area contributed by atoms with Gasteiger partial charge in [-0.05, 0) is 43.9 Å². The van der Waals surface area contributed by atoms with Crippen LogP contribution in [-0.2, 0) is 10.0 Å². The van der Waals surface area contributed by atoms with Crippen molar-refractivity contribution in [2.45, 2.75) is 39.2 Å². The minimum atomic E-state index is -3.17. The summed E-state index contributed by atoms with van der Waals surface area (Å²) in [6, 6.07) is 3.58. The van der Waals surface area contributed by atoms with Crippen molar-refractivity contribution in [2.24, 2.45) is 0 Å². The largest absolute Gasteiger partial charge is 0.348 e. The van der Waals surface area contributed by atoms with Gasteiger partial charge < -0.3 is 5.32 Å². The summed E-state index contributed by atoms with van der Waals surface area (Å²) in [5.41, 5.74) is 1.28. The van der Waals surface area contributed by atoms with Gasteiger partial charge in [-0.15, -0.1) is 0 Å². The molecule has 3 heterocycles. The third kappa shape index (κ3) is 4.72. The Morgan fingerprint density at radius 1 is 1.30 bits per heavy atom. The van der Waals surface area contributed by atoms with Crippen LogP contribution in [0.2, 0.25) is 0 Å². The molecular weight excluding hydrogens is 366 g/mol. The van der Waals surface area contributed by atoms with Gasteiger partial charge in [-0.25, -0.2) is 22.7 Å². The average molecular weight is 391 g/mol. The van der Waals surface area contributed by atoms with Crippen LogP contribution in [0.3, 0.4) is 0 Å². The SMILES string of the molecule is CCCS(=O)(=O)N1CCC(NC(=O)c2cc(C)cc(-n3ccnc3)n2)CC1. The van der Waals surface area contributed by atoms with Crippen molar-refractivity contribution in [3.63, 3.8) is 0 Å². The monoisotopic (exact) mass is 391 g/mol. The van der Waals surface area contributed by atoms with Gasteiger partial charge in [0.15, 0.2) is 0 Å². The number of sulfonamides is 1. The van der Waals surface area contributed by atoms with Gasteiger partial charge in [0.2, 0.25) is 10.0 Å². The zero-order valence-electron chi connectivity index (χ0n) is 15.6. The number of carbonyl (C=O) groups excluding carboxylic acids is 1. The molecule has 2 aromatic heterocycles. The number of aryl methyl sites for hydroxylation is 1. The number of pyridine rings is 1. The molecule has 1 amide bonds. The molecule has 0 radical (unpaired) electrons. The van der Waals surface area contributed by atoms with E-state index < -0.39 is 10.0 Å². The summed E-state index contributed by atoms with van der Waals surface area (Å²) in [6.07, 6.45) is 6.89. The fraction of sp³-hybridized carbons (Fsp3) is 0.500. The van der Waals surface area contributed by atoms with Crippen molar-refractivity contribution in [1.82, 2.24) is 24.2 Å². The van der Waals surface area contributed by atoms with Crippen molar-refractivity contribution < 1.29 is 13.2 Å². The van der Waals surface area contributed by atoms with Crippen molar-refractivity contribution in [1.29, 1.82) is 0 Å². The summed E-state index contributed by atoms with van der Waals surface area (Å²) in [5, 5.41) is 2.99. The Labute approximate surface area is 159 Å². The zero-order chi connectivity index (χ0) is 19.4. The molecule has 3 rings (SSSR count). The molecule has 1 aliphatic rings. The van der Waals surface area contributed by atoms with Gasteiger partial charge >= 0.3 is 0 Å². The van der Waals surface area contributed by atoms with Crippen LogP contribution >= 0.6 is 0 Å². The summed E-state index contributed by atoms with van der Waals surface area (Å²) >= 11 is 0. The van der Waals surface area contributed by atoms with E-state index in [0.717, 1.165) is 5.56 Å². The second-order valence-electron chi connectivity index (χ2n) is 6.82. The number of imidazole rings is 1. The Hall–Kier alpha value is -2.26. The number of aromatic nitrogens is 3. The van der Waals surface area contributed by atoms with Crippen LogP contribution in [0.1, 0.15) is 42.2 Å². The molecule has 0 bridgehead atoms. The highest BCUT2D eigenvalue weighted by atomic mass is 32.2. The van der Waals surface area contributed by atoms with Crippen LogP contribution in [-0.4, -0.2) is 58.0 Å². The van der Waals surface area contributed by atoms with E-state index in [-0.39, 0.29) is 17.7 Å². The van der Waals surface area contributed by atoms with Crippen LogP contribution in [0, 0.1) is 6.92 Å². The standard InChI is InChI=1S/C18H25N5O3S/c1-3-10-27(25,26)23-7-4-15(5-8-23)20-18(24)16-11-14(2)12-17(21-16)22-9-6-19-13-22/h6,9,11-13,15H,3-5,7-8,10H2,1-2H3,(H,20,24). The Bertz CT molecular complexity index is 888. The molecule has 8 nitrogen and oxygen atoms in total. The Morgan fingerprint density at radius 2 is 2.04 bits per heavy atom. The first-order chi connectivity index (χ1) is 12.9. The predicted octanol–water partition coefficient (Wildman–Crippen LogP) is 1.51. The maximum atomic E-state index is 12.6. The maximum absolute atomic E-state index is 12.6. The van der Waals surface area contributed by atoms with E-state index in [1.165, 1.54) is 4.31 Å². The smallest absolute Gasteiger partial charge is 0.270 e. The van der Waals surface area contributed by atoms with Crippen molar-refractivity contribution in [2.75, 3.05) is 18.8 Å². The minimum Gasteiger partial charge on any atom is -0.348 e. The summed E-state index contributed by atoms with van der Waals surface area (Å²) in [7, 11) is -3.17. The average Bonchev–Trinajstić information content (AvgIpc) is 3.16. The number of hydrogen-bond acceptors (Lipinski definition) is 5. The van der Waals surface area contributed by atoms with Gasteiger partial charge in [0, 0.05) is 31.5 Å². The molecule has 0 spiro atoms. The zero-order valence-corrected chi connectivity index (χ0v) is 16.4. The lowest BCUT2D eigenvalue weighted by atomic mass is 10.1. The molecule has 9 heteroatoms. The molecule has 0 saturated carbocycles. The summed E-state index contributed by atoms with van der Waals surface area (Å²) in [5.74, 6) is 0.571. The van der Waals surface area contributed by atoms with Crippen molar-refractivity contribution >= 4 is 15.9 Å². The molecule has 27 heavy (non-hydrogen) atoms. The quantitative estimate of drug-likeness (QED) is 0.805. The topological polar surface area (TPSA) is 97.2 Å². The molecule has 1 aliphatic heterocycles. The second-order valence-corrected chi connectivity index (χ2v) is 8.91. The van der Waals surface area contributed by atoms with Crippen LogP contribution in [0.5, 0.6) is 0 Å². The third-order valence-corrected chi connectivity index (χ3v) is 6.68. The summed E-state index contributed by atoms with van der Waals surface area (Å²) in [4.78, 5) is 21.1. The Morgan fingerprint density at radius 3 is 2.67 bits per heavy atom.